The number of nitrogen functional groups attached to an aromatic ring is 1. The van der Waals surface area contributed by atoms with E-state index < -0.39 is 5.97 Å². The molecule has 98 valence electrons. The van der Waals surface area contributed by atoms with E-state index in [9.17, 15) is 4.79 Å². The topological polar surface area (TPSA) is 84.6 Å². The van der Waals surface area contributed by atoms with Crippen molar-refractivity contribution in [2.24, 2.45) is 5.92 Å². The average molecular weight is 250 g/mol. The van der Waals surface area contributed by atoms with Gasteiger partial charge in [0.2, 0.25) is 0 Å². The summed E-state index contributed by atoms with van der Waals surface area (Å²) in [5.41, 5.74) is 6.28. The second-order valence-corrected chi connectivity index (χ2v) is 4.53. The number of nitrogens with one attached hydrogen (secondary N) is 1. The van der Waals surface area contributed by atoms with Crippen LogP contribution in [0, 0.1) is 5.92 Å². The molecule has 1 heterocycles. The number of para-hydroxylation sites is 1. The molecule has 0 aliphatic carbocycles. The number of anilines is 1. The maximum Gasteiger partial charge on any atom is 0.339 e. The lowest BCUT2D eigenvalue weighted by Gasteiger charge is -2.23. The van der Waals surface area contributed by atoms with Crippen molar-refractivity contribution in [3.63, 3.8) is 0 Å². The number of rotatable bonds is 4. The Balaban J connectivity index is 2.05. The second-order valence-electron chi connectivity index (χ2n) is 4.53. The lowest BCUT2D eigenvalue weighted by Crippen LogP contribution is -2.30. The molecule has 0 saturated carbocycles. The van der Waals surface area contributed by atoms with Gasteiger partial charge in [-0.2, -0.15) is 0 Å². The number of ether oxygens (including phenoxy) is 1. The first-order valence-electron chi connectivity index (χ1n) is 6.14. The zero-order valence-corrected chi connectivity index (χ0v) is 10.2. The maximum absolute atomic E-state index is 11.1. The van der Waals surface area contributed by atoms with Crippen molar-refractivity contribution in [3.05, 3.63) is 23.8 Å². The molecule has 0 atom stereocenters. The number of piperidine rings is 1. The van der Waals surface area contributed by atoms with Crippen LogP contribution < -0.4 is 15.8 Å². The molecule has 5 heteroatoms. The number of hydrogen-bond acceptors (Lipinski definition) is 4. The molecule has 0 radical (unpaired) electrons. The summed E-state index contributed by atoms with van der Waals surface area (Å²) in [5, 5.41) is 12.4. The molecule has 2 rings (SSSR count). The number of carboxylic acid groups (broad SMARTS) is 1. The Morgan fingerprint density at radius 2 is 2.17 bits per heavy atom. The van der Waals surface area contributed by atoms with Gasteiger partial charge in [0.1, 0.15) is 5.56 Å². The summed E-state index contributed by atoms with van der Waals surface area (Å²) in [5.74, 6) is -0.251. The van der Waals surface area contributed by atoms with Crippen molar-refractivity contribution in [2.75, 3.05) is 25.4 Å². The monoisotopic (exact) mass is 250 g/mol. The first-order valence-corrected chi connectivity index (χ1v) is 6.14. The lowest BCUT2D eigenvalue weighted by molar-refractivity contribution is 0.0691. The number of carboxylic acids is 1. The minimum atomic E-state index is -1.01. The summed E-state index contributed by atoms with van der Waals surface area (Å²) in [6, 6.07) is 4.79. The first kappa shape index (κ1) is 12.7. The van der Waals surface area contributed by atoms with Crippen LogP contribution in [-0.2, 0) is 0 Å². The minimum Gasteiger partial charge on any atom is -0.490 e. The van der Waals surface area contributed by atoms with Crippen LogP contribution in [0.2, 0.25) is 0 Å². The highest BCUT2D eigenvalue weighted by molar-refractivity contribution is 5.93. The Morgan fingerprint density at radius 1 is 1.44 bits per heavy atom. The minimum absolute atomic E-state index is 0.129. The third kappa shape index (κ3) is 2.92. The number of benzene rings is 1. The van der Waals surface area contributed by atoms with E-state index in [0.29, 0.717) is 24.0 Å². The molecule has 0 unspecified atom stereocenters. The Bertz CT molecular complexity index is 428. The smallest absolute Gasteiger partial charge is 0.339 e. The Hall–Kier alpha value is -1.75. The molecule has 1 saturated heterocycles. The summed E-state index contributed by atoms with van der Waals surface area (Å²) >= 11 is 0. The van der Waals surface area contributed by atoms with Crippen LogP contribution >= 0.6 is 0 Å². The molecular formula is C13H18N2O3. The van der Waals surface area contributed by atoms with E-state index in [4.69, 9.17) is 15.6 Å². The van der Waals surface area contributed by atoms with Gasteiger partial charge in [0.05, 0.1) is 12.3 Å². The molecule has 18 heavy (non-hydrogen) atoms. The van der Waals surface area contributed by atoms with Crippen molar-refractivity contribution < 1.29 is 14.6 Å². The molecule has 1 fully saturated rings. The Labute approximate surface area is 106 Å². The Kier molecular flexibility index (Phi) is 4.04. The molecule has 5 nitrogen and oxygen atoms in total. The fourth-order valence-electron chi connectivity index (χ4n) is 2.13. The van der Waals surface area contributed by atoms with E-state index in [1.165, 1.54) is 6.07 Å². The molecule has 1 aliphatic heterocycles. The number of nitrogens with two attached hydrogens (primary N) is 1. The molecule has 4 N–H and O–H groups in total. The molecule has 0 spiro atoms. The summed E-state index contributed by atoms with van der Waals surface area (Å²) in [6.07, 6.45) is 2.10. The van der Waals surface area contributed by atoms with Crippen molar-refractivity contribution in [3.8, 4) is 5.75 Å². The molecule has 0 bridgehead atoms. The van der Waals surface area contributed by atoms with Crippen molar-refractivity contribution in [1.29, 1.82) is 0 Å². The van der Waals surface area contributed by atoms with Gasteiger partial charge in [0.25, 0.3) is 0 Å². The van der Waals surface area contributed by atoms with Crippen LogP contribution in [0.25, 0.3) is 0 Å². The van der Waals surface area contributed by atoms with Crippen LogP contribution in [0.1, 0.15) is 23.2 Å². The highest BCUT2D eigenvalue weighted by atomic mass is 16.5. The van der Waals surface area contributed by atoms with Gasteiger partial charge in [-0.05, 0) is 44.0 Å². The van der Waals surface area contributed by atoms with E-state index in [0.717, 1.165) is 25.9 Å². The van der Waals surface area contributed by atoms with E-state index in [1.807, 2.05) is 0 Å². The van der Waals surface area contributed by atoms with Crippen LogP contribution in [0.15, 0.2) is 18.2 Å². The van der Waals surface area contributed by atoms with E-state index in [2.05, 4.69) is 5.32 Å². The van der Waals surface area contributed by atoms with Gasteiger partial charge in [-0.3, -0.25) is 0 Å². The lowest BCUT2D eigenvalue weighted by atomic mass is 9.99. The first-order chi connectivity index (χ1) is 8.68. The van der Waals surface area contributed by atoms with E-state index in [1.54, 1.807) is 12.1 Å². The van der Waals surface area contributed by atoms with Crippen molar-refractivity contribution >= 4 is 11.7 Å². The van der Waals surface area contributed by atoms with Gasteiger partial charge in [-0.25, -0.2) is 4.79 Å². The van der Waals surface area contributed by atoms with Gasteiger partial charge in [-0.15, -0.1) is 0 Å². The van der Waals surface area contributed by atoms with Crippen molar-refractivity contribution in [1.82, 2.24) is 5.32 Å². The molecule has 1 aromatic rings. The van der Waals surface area contributed by atoms with E-state index in [-0.39, 0.29) is 5.56 Å². The second kappa shape index (κ2) is 5.73. The maximum atomic E-state index is 11.1. The van der Waals surface area contributed by atoms with Crippen LogP contribution in [0.5, 0.6) is 5.75 Å². The van der Waals surface area contributed by atoms with Crippen molar-refractivity contribution in [2.45, 2.75) is 12.8 Å². The molecule has 1 aliphatic rings. The van der Waals surface area contributed by atoms with Crippen LogP contribution in [0.3, 0.4) is 0 Å². The predicted octanol–water partition coefficient (Wildman–Crippen LogP) is 1.35. The normalized spacial score (nSPS) is 16.4. The Morgan fingerprint density at radius 3 is 2.83 bits per heavy atom. The van der Waals surface area contributed by atoms with E-state index >= 15 is 0 Å². The summed E-state index contributed by atoms with van der Waals surface area (Å²) in [7, 11) is 0. The zero-order chi connectivity index (χ0) is 13.0. The molecular weight excluding hydrogens is 232 g/mol. The molecule has 1 aromatic carbocycles. The fraction of sp³-hybridized carbons (Fsp3) is 0.462. The van der Waals surface area contributed by atoms with Gasteiger partial charge < -0.3 is 20.9 Å². The molecule has 0 amide bonds. The third-order valence-corrected chi connectivity index (χ3v) is 3.20. The molecule has 0 aromatic heterocycles. The quantitative estimate of drug-likeness (QED) is 0.702. The highest BCUT2D eigenvalue weighted by Gasteiger charge is 2.18. The van der Waals surface area contributed by atoms with Crippen LogP contribution in [0.4, 0.5) is 5.69 Å². The van der Waals surface area contributed by atoms with Crippen LogP contribution in [-0.4, -0.2) is 30.8 Å². The third-order valence-electron chi connectivity index (χ3n) is 3.20. The van der Waals surface area contributed by atoms with Gasteiger partial charge >= 0.3 is 5.97 Å². The number of carbonyl (C=O) groups is 1. The number of aromatic carboxylic acids is 1. The van der Waals surface area contributed by atoms with Gasteiger partial charge in [0.15, 0.2) is 5.75 Å². The summed E-state index contributed by atoms with van der Waals surface area (Å²) in [6.45, 7) is 2.50. The van der Waals surface area contributed by atoms with Gasteiger partial charge in [-0.1, -0.05) is 6.07 Å². The largest absolute Gasteiger partial charge is 0.490 e. The standard InChI is InChI=1S/C13H18N2O3/c14-11-3-1-2-10(13(16)17)12(11)18-8-9-4-6-15-7-5-9/h1-3,9,15H,4-8,14H2,(H,16,17). The fourth-order valence-corrected chi connectivity index (χ4v) is 2.13. The average Bonchev–Trinajstić information content (AvgIpc) is 2.38. The number of hydrogen-bond donors (Lipinski definition) is 3. The predicted molar refractivity (Wildman–Crippen MR) is 68.9 cm³/mol. The van der Waals surface area contributed by atoms with Gasteiger partial charge in [0, 0.05) is 0 Å². The zero-order valence-electron chi connectivity index (χ0n) is 10.2. The highest BCUT2D eigenvalue weighted by Crippen LogP contribution is 2.27. The SMILES string of the molecule is Nc1cccc(C(=O)O)c1OCC1CCNCC1. The summed E-state index contributed by atoms with van der Waals surface area (Å²) < 4.78 is 5.64. The summed E-state index contributed by atoms with van der Waals surface area (Å²) in [4.78, 5) is 11.1.